The molecule has 0 aromatic heterocycles. The number of rotatable bonds is 6. The van der Waals surface area contributed by atoms with Gasteiger partial charge in [-0.3, -0.25) is 9.59 Å². The van der Waals surface area contributed by atoms with Crippen LogP contribution in [0.3, 0.4) is 0 Å². The Kier molecular flexibility index (Phi) is 9.78. The molecule has 0 aromatic carbocycles. The Labute approximate surface area is 147 Å². The van der Waals surface area contributed by atoms with Crippen molar-refractivity contribution in [1.29, 1.82) is 0 Å². The molecule has 0 saturated carbocycles. The van der Waals surface area contributed by atoms with E-state index in [2.05, 4.69) is 12.2 Å². The molecule has 1 aliphatic rings. The highest BCUT2D eigenvalue weighted by Gasteiger charge is 2.34. The summed E-state index contributed by atoms with van der Waals surface area (Å²) < 4.78 is 0. The predicted molar refractivity (Wildman–Crippen MR) is 96.5 cm³/mol. The van der Waals surface area contributed by atoms with E-state index in [4.69, 9.17) is 5.73 Å². The van der Waals surface area contributed by atoms with Gasteiger partial charge in [0.05, 0.1) is 6.04 Å². The molecule has 1 rings (SSSR count). The molecule has 0 aromatic rings. The molecular weight excluding hydrogens is 314 g/mol. The van der Waals surface area contributed by atoms with Crippen molar-refractivity contribution in [2.24, 2.45) is 17.1 Å². The molecule has 3 N–H and O–H groups in total. The molecule has 2 amide bonds. The molecule has 0 radical (unpaired) electrons. The third-order valence-corrected chi connectivity index (χ3v) is 4.46. The van der Waals surface area contributed by atoms with Crippen LogP contribution in [0.15, 0.2) is 0 Å². The average molecular weight is 348 g/mol. The number of hydrogen-bond acceptors (Lipinski definition) is 3. The average Bonchev–Trinajstić information content (AvgIpc) is 2.49. The largest absolute Gasteiger partial charge is 0.356 e. The standard InChI is InChI=1S/C17H33N3O2.ClH/c1-5-6-7-10-19-15(21)13-8-11-20(12-9-13)16(22)14(18)17(2,3)4;/h13-14H,5-12,18H2,1-4H3,(H,19,21);1H/t14-;/m1./s1. The van der Waals surface area contributed by atoms with E-state index in [0.717, 1.165) is 38.6 Å². The summed E-state index contributed by atoms with van der Waals surface area (Å²) >= 11 is 0. The molecule has 1 saturated heterocycles. The van der Waals surface area contributed by atoms with Crippen molar-refractivity contribution < 1.29 is 9.59 Å². The predicted octanol–water partition coefficient (Wildman–Crippen LogP) is 2.33. The number of hydrogen-bond donors (Lipinski definition) is 2. The van der Waals surface area contributed by atoms with Gasteiger partial charge in [0.2, 0.25) is 11.8 Å². The number of amides is 2. The highest BCUT2D eigenvalue weighted by atomic mass is 35.5. The molecule has 0 bridgehead atoms. The van der Waals surface area contributed by atoms with E-state index in [9.17, 15) is 9.59 Å². The monoisotopic (exact) mass is 347 g/mol. The van der Waals surface area contributed by atoms with E-state index in [-0.39, 0.29) is 35.6 Å². The van der Waals surface area contributed by atoms with Crippen LogP contribution in [0.25, 0.3) is 0 Å². The maximum atomic E-state index is 12.4. The zero-order chi connectivity index (χ0) is 16.8. The fraction of sp³-hybridized carbons (Fsp3) is 0.882. The summed E-state index contributed by atoms with van der Waals surface area (Å²) in [6.45, 7) is 10.1. The maximum absolute atomic E-state index is 12.4. The Hall–Kier alpha value is -0.810. The minimum Gasteiger partial charge on any atom is -0.356 e. The first-order valence-electron chi connectivity index (χ1n) is 8.59. The summed E-state index contributed by atoms with van der Waals surface area (Å²) in [7, 11) is 0. The van der Waals surface area contributed by atoms with Gasteiger partial charge in [0, 0.05) is 25.6 Å². The number of nitrogens with one attached hydrogen (secondary N) is 1. The summed E-state index contributed by atoms with van der Waals surface area (Å²) in [4.78, 5) is 26.3. The number of piperidine rings is 1. The van der Waals surface area contributed by atoms with Crippen LogP contribution in [0.2, 0.25) is 0 Å². The van der Waals surface area contributed by atoms with E-state index < -0.39 is 6.04 Å². The zero-order valence-electron chi connectivity index (χ0n) is 15.1. The Morgan fingerprint density at radius 3 is 2.26 bits per heavy atom. The Morgan fingerprint density at radius 1 is 1.22 bits per heavy atom. The van der Waals surface area contributed by atoms with Crippen LogP contribution in [-0.2, 0) is 9.59 Å². The lowest BCUT2D eigenvalue weighted by atomic mass is 9.85. The topological polar surface area (TPSA) is 75.4 Å². The molecule has 6 heteroatoms. The molecule has 0 spiro atoms. The summed E-state index contributed by atoms with van der Waals surface area (Å²) in [6, 6.07) is -0.480. The molecule has 0 aliphatic carbocycles. The molecule has 1 heterocycles. The van der Waals surface area contributed by atoms with Crippen LogP contribution in [0.4, 0.5) is 0 Å². The van der Waals surface area contributed by atoms with Crippen LogP contribution in [0.1, 0.15) is 59.8 Å². The number of unbranched alkanes of at least 4 members (excludes halogenated alkanes) is 2. The van der Waals surface area contributed by atoms with E-state index in [1.807, 2.05) is 25.7 Å². The number of likely N-dealkylation sites (tertiary alicyclic amines) is 1. The molecule has 23 heavy (non-hydrogen) atoms. The molecule has 0 unspecified atom stereocenters. The summed E-state index contributed by atoms with van der Waals surface area (Å²) in [5.74, 6) is 0.189. The van der Waals surface area contributed by atoms with Crippen molar-refractivity contribution in [1.82, 2.24) is 10.2 Å². The van der Waals surface area contributed by atoms with E-state index in [1.54, 1.807) is 0 Å². The van der Waals surface area contributed by atoms with Crippen molar-refractivity contribution in [3.05, 3.63) is 0 Å². The van der Waals surface area contributed by atoms with Gasteiger partial charge in [-0.1, -0.05) is 40.5 Å². The van der Waals surface area contributed by atoms with Gasteiger partial charge in [-0.25, -0.2) is 0 Å². The normalized spacial score (nSPS) is 17.3. The van der Waals surface area contributed by atoms with Crippen LogP contribution in [-0.4, -0.2) is 42.4 Å². The van der Waals surface area contributed by atoms with Gasteiger partial charge in [0.1, 0.15) is 0 Å². The van der Waals surface area contributed by atoms with Gasteiger partial charge in [-0.15, -0.1) is 12.4 Å². The lowest BCUT2D eigenvalue weighted by Gasteiger charge is -2.36. The Morgan fingerprint density at radius 2 is 1.78 bits per heavy atom. The summed E-state index contributed by atoms with van der Waals surface area (Å²) in [5.41, 5.74) is 5.81. The van der Waals surface area contributed by atoms with Crippen molar-refractivity contribution in [2.75, 3.05) is 19.6 Å². The first-order chi connectivity index (χ1) is 10.3. The van der Waals surface area contributed by atoms with Gasteiger partial charge in [-0.2, -0.15) is 0 Å². The van der Waals surface area contributed by atoms with Crippen molar-refractivity contribution >= 4 is 24.2 Å². The van der Waals surface area contributed by atoms with Crippen LogP contribution < -0.4 is 11.1 Å². The molecule has 1 atom stereocenters. The van der Waals surface area contributed by atoms with Gasteiger partial charge >= 0.3 is 0 Å². The first kappa shape index (κ1) is 22.2. The third-order valence-electron chi connectivity index (χ3n) is 4.46. The second-order valence-electron chi connectivity index (χ2n) is 7.44. The molecule has 1 aliphatic heterocycles. The van der Waals surface area contributed by atoms with E-state index in [0.29, 0.717) is 13.1 Å². The fourth-order valence-corrected chi connectivity index (χ4v) is 2.66. The molecule has 136 valence electrons. The highest BCUT2D eigenvalue weighted by Crippen LogP contribution is 2.23. The van der Waals surface area contributed by atoms with E-state index >= 15 is 0 Å². The number of carbonyl (C=O) groups excluding carboxylic acids is 2. The van der Waals surface area contributed by atoms with Crippen LogP contribution in [0.5, 0.6) is 0 Å². The lowest BCUT2D eigenvalue weighted by molar-refractivity contribution is -0.138. The summed E-state index contributed by atoms with van der Waals surface area (Å²) in [5, 5.41) is 3.01. The van der Waals surface area contributed by atoms with Crippen molar-refractivity contribution in [3.8, 4) is 0 Å². The second kappa shape index (κ2) is 10.1. The van der Waals surface area contributed by atoms with Crippen LogP contribution in [0, 0.1) is 11.3 Å². The fourth-order valence-electron chi connectivity index (χ4n) is 2.66. The van der Waals surface area contributed by atoms with E-state index in [1.165, 1.54) is 0 Å². The SMILES string of the molecule is CCCCCNC(=O)C1CCN(C(=O)[C@@H](N)C(C)(C)C)CC1.Cl. The smallest absolute Gasteiger partial charge is 0.240 e. The number of nitrogens with zero attached hydrogens (tertiary/aromatic N) is 1. The number of nitrogens with two attached hydrogens (primary N) is 1. The maximum Gasteiger partial charge on any atom is 0.240 e. The highest BCUT2D eigenvalue weighted by molar-refractivity contribution is 5.85. The lowest BCUT2D eigenvalue weighted by Crippen LogP contribution is -2.53. The van der Waals surface area contributed by atoms with Gasteiger partial charge in [0.25, 0.3) is 0 Å². The Balaban J connectivity index is 0.00000484. The van der Waals surface area contributed by atoms with Gasteiger partial charge < -0.3 is 16.0 Å². The van der Waals surface area contributed by atoms with Gasteiger partial charge in [0.15, 0.2) is 0 Å². The van der Waals surface area contributed by atoms with Crippen molar-refractivity contribution in [3.63, 3.8) is 0 Å². The van der Waals surface area contributed by atoms with Crippen LogP contribution >= 0.6 is 12.4 Å². The quantitative estimate of drug-likeness (QED) is 0.724. The first-order valence-corrected chi connectivity index (χ1v) is 8.59. The minimum absolute atomic E-state index is 0. The summed E-state index contributed by atoms with van der Waals surface area (Å²) in [6.07, 6.45) is 4.83. The zero-order valence-corrected chi connectivity index (χ0v) is 15.9. The third kappa shape index (κ3) is 7.08. The molecule has 5 nitrogen and oxygen atoms in total. The number of halogens is 1. The molecule has 1 fully saturated rings. The van der Waals surface area contributed by atoms with Crippen molar-refractivity contribution in [2.45, 2.75) is 65.8 Å². The Bertz CT molecular complexity index is 375. The van der Waals surface area contributed by atoms with Gasteiger partial charge in [-0.05, 0) is 24.7 Å². The molecular formula is C17H34ClN3O2. The minimum atomic E-state index is -0.480. The number of carbonyl (C=O) groups is 2. The second-order valence-corrected chi connectivity index (χ2v) is 7.44.